The molecular formula is C24H28ClN3O4. The van der Waals surface area contributed by atoms with E-state index in [1.54, 1.807) is 39.3 Å². The van der Waals surface area contributed by atoms with Crippen LogP contribution in [-0.4, -0.2) is 68.6 Å². The number of methoxy groups -OCH3 is 2. The zero-order chi connectivity index (χ0) is 23.2. The van der Waals surface area contributed by atoms with Gasteiger partial charge < -0.3 is 19.7 Å². The smallest absolute Gasteiger partial charge is 0.254 e. The molecule has 2 aromatic rings. The fourth-order valence-electron chi connectivity index (χ4n) is 4.94. The molecule has 1 unspecified atom stereocenters. The molecule has 1 fully saturated rings. The van der Waals surface area contributed by atoms with E-state index in [1.807, 2.05) is 42.2 Å². The summed E-state index contributed by atoms with van der Waals surface area (Å²) in [5.74, 6) is 0.248. The predicted molar refractivity (Wildman–Crippen MR) is 123 cm³/mol. The summed E-state index contributed by atoms with van der Waals surface area (Å²) in [5.41, 5.74) is 1.63. The Hall–Kier alpha value is -2.61. The van der Waals surface area contributed by atoms with Crippen LogP contribution in [0.4, 0.5) is 5.69 Å². The molecule has 170 valence electrons. The number of rotatable bonds is 5. The minimum atomic E-state index is -1.28. The molecule has 8 heteroatoms. The van der Waals surface area contributed by atoms with Crippen LogP contribution in [0.2, 0.25) is 5.02 Å². The molecule has 0 radical (unpaired) electrons. The molecule has 0 saturated carbocycles. The second-order valence-electron chi connectivity index (χ2n) is 8.51. The van der Waals surface area contributed by atoms with Crippen LogP contribution >= 0.6 is 11.6 Å². The lowest BCUT2D eigenvalue weighted by Crippen LogP contribution is -2.57. The number of anilines is 1. The number of nitrogens with one attached hydrogen (secondary N) is 1. The number of aryl methyl sites for hydroxylation is 1. The minimum Gasteiger partial charge on any atom is -0.496 e. The predicted octanol–water partition coefficient (Wildman–Crippen LogP) is 3.03. The van der Waals surface area contributed by atoms with Crippen molar-refractivity contribution < 1.29 is 19.1 Å². The van der Waals surface area contributed by atoms with Gasteiger partial charge in [0.25, 0.3) is 5.91 Å². The number of fused-ring (bicyclic) bond motifs is 1. The molecule has 0 spiro atoms. The van der Waals surface area contributed by atoms with Crippen molar-refractivity contribution >= 4 is 29.1 Å². The number of hydrogen-bond acceptors (Lipinski definition) is 5. The summed E-state index contributed by atoms with van der Waals surface area (Å²) < 4.78 is 11.4. The first-order chi connectivity index (χ1) is 15.2. The topological polar surface area (TPSA) is 71.1 Å². The number of amides is 2. The summed E-state index contributed by atoms with van der Waals surface area (Å²) in [6.07, 6.45) is 0.292. The zero-order valence-corrected chi connectivity index (χ0v) is 19.7. The van der Waals surface area contributed by atoms with Crippen molar-refractivity contribution in [3.63, 3.8) is 0 Å². The van der Waals surface area contributed by atoms with Crippen molar-refractivity contribution in [3.05, 3.63) is 58.1 Å². The Balaban J connectivity index is 2.04. The van der Waals surface area contributed by atoms with Crippen molar-refractivity contribution in [2.45, 2.75) is 31.0 Å². The maximum Gasteiger partial charge on any atom is 0.254 e. The van der Waals surface area contributed by atoms with Crippen molar-refractivity contribution in [3.8, 4) is 5.75 Å². The molecule has 1 N–H and O–H groups in total. The third-order valence-electron chi connectivity index (χ3n) is 6.51. The molecule has 2 amide bonds. The van der Waals surface area contributed by atoms with Gasteiger partial charge in [-0.05, 0) is 37.1 Å². The summed E-state index contributed by atoms with van der Waals surface area (Å²) in [6, 6.07) is 10.6. The third kappa shape index (κ3) is 3.27. The number of nitrogens with zero attached hydrogens (tertiary/aromatic N) is 2. The van der Waals surface area contributed by atoms with Gasteiger partial charge in [0.1, 0.15) is 5.75 Å². The quantitative estimate of drug-likeness (QED) is 0.747. The largest absolute Gasteiger partial charge is 0.496 e. The van der Waals surface area contributed by atoms with E-state index < -0.39 is 11.6 Å². The fraction of sp³-hybridized carbons (Fsp3) is 0.417. The van der Waals surface area contributed by atoms with Crippen LogP contribution in [0.3, 0.4) is 0 Å². The maximum absolute atomic E-state index is 13.9. The van der Waals surface area contributed by atoms with Gasteiger partial charge in [-0.25, -0.2) is 0 Å². The number of para-hydroxylation sites is 1. The highest BCUT2D eigenvalue weighted by Gasteiger charge is 2.59. The Labute approximate surface area is 193 Å². The number of carbonyl (C=O) groups is 2. The normalized spacial score (nSPS) is 24.9. The third-order valence-corrected chi connectivity index (χ3v) is 6.92. The summed E-state index contributed by atoms with van der Waals surface area (Å²) in [7, 11) is 6.66. The van der Waals surface area contributed by atoms with Crippen LogP contribution in [-0.2, 0) is 19.9 Å². The van der Waals surface area contributed by atoms with E-state index in [2.05, 4.69) is 5.32 Å². The van der Waals surface area contributed by atoms with Gasteiger partial charge in [-0.1, -0.05) is 29.8 Å². The number of ether oxygens (including phenoxy) is 2. The number of hydrogen-bond donors (Lipinski definition) is 1. The SMILES string of the molecule is COc1ccccc1C1(N2C[C@H](OC)C[C@H]2C(=O)N(C)C)C(=O)Nc2cc(Cl)c(C)cc21. The van der Waals surface area contributed by atoms with Crippen LogP contribution < -0.4 is 10.1 Å². The van der Waals surface area contributed by atoms with E-state index in [1.165, 1.54) is 0 Å². The average molecular weight is 458 g/mol. The highest BCUT2D eigenvalue weighted by atomic mass is 35.5. The molecule has 1 saturated heterocycles. The van der Waals surface area contributed by atoms with Crippen LogP contribution in [0.1, 0.15) is 23.1 Å². The van der Waals surface area contributed by atoms with Crippen LogP contribution in [0.15, 0.2) is 36.4 Å². The van der Waals surface area contributed by atoms with E-state index in [-0.39, 0.29) is 17.9 Å². The molecule has 2 aliphatic rings. The number of likely N-dealkylation sites (tertiary alicyclic amines) is 1. The average Bonchev–Trinajstić information content (AvgIpc) is 3.32. The summed E-state index contributed by atoms with van der Waals surface area (Å²) in [4.78, 5) is 30.8. The Morgan fingerprint density at radius 1 is 1.22 bits per heavy atom. The van der Waals surface area contributed by atoms with Gasteiger partial charge in [0.05, 0.1) is 19.3 Å². The van der Waals surface area contributed by atoms with Gasteiger partial charge in [-0.15, -0.1) is 0 Å². The maximum atomic E-state index is 13.9. The van der Waals surface area contributed by atoms with E-state index in [0.717, 1.165) is 11.1 Å². The van der Waals surface area contributed by atoms with Crippen molar-refractivity contribution in [2.24, 2.45) is 0 Å². The number of likely N-dealkylation sites (N-methyl/N-ethyl adjacent to an activating group) is 1. The lowest BCUT2D eigenvalue weighted by Gasteiger charge is -2.41. The zero-order valence-electron chi connectivity index (χ0n) is 18.9. The standard InChI is InChI=1S/C24H28ClN3O4/c1-14-10-17-19(12-18(14)25)26-23(30)24(17,16-8-6-7-9-21(16)32-5)28-13-15(31-4)11-20(28)22(29)27(2)3/h6-10,12,15,20H,11,13H2,1-5H3,(H,26,30)/t15-,20+,24?/m1/s1. The highest BCUT2D eigenvalue weighted by Crippen LogP contribution is 2.51. The van der Waals surface area contributed by atoms with E-state index in [0.29, 0.717) is 35.0 Å². The Bertz CT molecular complexity index is 1070. The molecule has 2 aliphatic heterocycles. The Morgan fingerprint density at radius 2 is 1.94 bits per heavy atom. The summed E-state index contributed by atoms with van der Waals surface area (Å²) >= 11 is 6.39. The van der Waals surface area contributed by atoms with Crippen molar-refractivity contribution in [1.82, 2.24) is 9.80 Å². The molecule has 0 aliphatic carbocycles. The molecule has 2 aromatic carbocycles. The Kier molecular flexibility index (Phi) is 5.92. The summed E-state index contributed by atoms with van der Waals surface area (Å²) in [6.45, 7) is 2.32. The molecule has 0 aromatic heterocycles. The van der Waals surface area contributed by atoms with E-state index in [9.17, 15) is 9.59 Å². The lowest BCUT2D eigenvalue weighted by molar-refractivity contribution is -0.138. The first kappa shape index (κ1) is 22.6. The van der Waals surface area contributed by atoms with Gasteiger partial charge >= 0.3 is 0 Å². The first-order valence-corrected chi connectivity index (χ1v) is 10.9. The van der Waals surface area contributed by atoms with Crippen LogP contribution in [0.5, 0.6) is 5.75 Å². The second kappa shape index (κ2) is 8.39. The van der Waals surface area contributed by atoms with Crippen LogP contribution in [0.25, 0.3) is 0 Å². The van der Waals surface area contributed by atoms with E-state index in [4.69, 9.17) is 21.1 Å². The highest BCUT2D eigenvalue weighted by molar-refractivity contribution is 6.32. The second-order valence-corrected chi connectivity index (χ2v) is 8.91. The Morgan fingerprint density at radius 3 is 2.59 bits per heavy atom. The molecule has 3 atom stereocenters. The molecule has 2 heterocycles. The van der Waals surface area contributed by atoms with Gasteiger partial charge in [0.15, 0.2) is 5.54 Å². The summed E-state index contributed by atoms with van der Waals surface area (Å²) in [5, 5.41) is 3.58. The number of benzene rings is 2. The number of carbonyl (C=O) groups excluding carboxylic acids is 2. The van der Waals surface area contributed by atoms with Crippen LogP contribution in [0, 0.1) is 6.92 Å². The van der Waals surface area contributed by atoms with E-state index >= 15 is 0 Å². The molecule has 32 heavy (non-hydrogen) atoms. The monoisotopic (exact) mass is 457 g/mol. The molecule has 7 nitrogen and oxygen atoms in total. The number of halogens is 1. The lowest BCUT2D eigenvalue weighted by atomic mass is 9.80. The van der Waals surface area contributed by atoms with Gasteiger partial charge in [0.2, 0.25) is 5.91 Å². The van der Waals surface area contributed by atoms with Crippen molar-refractivity contribution in [2.75, 3.05) is 40.2 Å². The van der Waals surface area contributed by atoms with Gasteiger partial charge in [-0.3, -0.25) is 14.5 Å². The van der Waals surface area contributed by atoms with Gasteiger partial charge in [0, 0.05) is 49.6 Å². The molecule has 4 rings (SSSR count). The van der Waals surface area contributed by atoms with Gasteiger partial charge in [-0.2, -0.15) is 0 Å². The first-order valence-electron chi connectivity index (χ1n) is 10.5. The van der Waals surface area contributed by atoms with Crippen molar-refractivity contribution in [1.29, 1.82) is 0 Å². The molecular weight excluding hydrogens is 430 g/mol. The molecule has 0 bridgehead atoms. The fourth-order valence-corrected chi connectivity index (χ4v) is 5.10. The minimum absolute atomic E-state index is 0.0780.